The van der Waals surface area contributed by atoms with Gasteiger partial charge in [0.1, 0.15) is 0 Å². The minimum Gasteiger partial charge on any atom is -0.310 e. The highest BCUT2D eigenvalue weighted by Crippen LogP contribution is 2.42. The van der Waals surface area contributed by atoms with Crippen LogP contribution in [0.5, 0.6) is 0 Å². The molecule has 2 aliphatic carbocycles. The van der Waals surface area contributed by atoms with Crippen LogP contribution in [0, 0.1) is 11.8 Å². The van der Waals surface area contributed by atoms with Crippen molar-refractivity contribution in [2.75, 3.05) is 19.6 Å². The lowest BCUT2D eigenvalue weighted by molar-refractivity contribution is 0.130. The second-order valence-electron chi connectivity index (χ2n) is 6.92. The molecule has 2 nitrogen and oxygen atoms in total. The average Bonchev–Trinajstić information content (AvgIpc) is 3.08. The maximum absolute atomic E-state index is 3.85. The molecule has 0 amide bonds. The zero-order chi connectivity index (χ0) is 11.9. The Labute approximate surface area is 106 Å². The average molecular weight is 236 g/mol. The Kier molecular flexibility index (Phi) is 3.20. The van der Waals surface area contributed by atoms with Gasteiger partial charge in [0.2, 0.25) is 0 Å². The minimum atomic E-state index is 0.415. The fourth-order valence-electron chi connectivity index (χ4n) is 4.16. The van der Waals surface area contributed by atoms with E-state index in [9.17, 15) is 0 Å². The number of rotatable bonds is 2. The zero-order valence-electron chi connectivity index (χ0n) is 11.5. The Morgan fingerprint density at radius 1 is 1.12 bits per heavy atom. The fourth-order valence-corrected chi connectivity index (χ4v) is 4.16. The first-order valence-corrected chi connectivity index (χ1v) is 7.68. The largest absolute Gasteiger partial charge is 0.310 e. The predicted molar refractivity (Wildman–Crippen MR) is 72.1 cm³/mol. The van der Waals surface area contributed by atoms with Crippen LogP contribution >= 0.6 is 0 Å². The molecule has 2 saturated carbocycles. The maximum atomic E-state index is 3.85. The van der Waals surface area contributed by atoms with Gasteiger partial charge in [0.15, 0.2) is 0 Å². The lowest BCUT2D eigenvalue weighted by atomic mass is 9.93. The standard InChI is InChI=1S/C15H28N2/c1-12-5-3-6-14(12)17-10-4-9-16-15(2,11-17)13-7-8-13/h12-14,16H,3-11H2,1-2H3. The van der Waals surface area contributed by atoms with Crippen molar-refractivity contribution in [1.29, 1.82) is 0 Å². The maximum Gasteiger partial charge on any atom is 0.0308 e. The predicted octanol–water partition coefficient (Wildman–Crippen LogP) is 2.64. The molecule has 1 heterocycles. The molecule has 0 aromatic heterocycles. The van der Waals surface area contributed by atoms with Gasteiger partial charge < -0.3 is 5.32 Å². The fraction of sp³-hybridized carbons (Fsp3) is 1.00. The van der Waals surface area contributed by atoms with Gasteiger partial charge in [0.25, 0.3) is 0 Å². The molecule has 3 unspecified atom stereocenters. The number of nitrogens with one attached hydrogen (secondary N) is 1. The Morgan fingerprint density at radius 2 is 1.94 bits per heavy atom. The topological polar surface area (TPSA) is 15.3 Å². The van der Waals surface area contributed by atoms with Gasteiger partial charge in [-0.2, -0.15) is 0 Å². The Hall–Kier alpha value is -0.0800. The van der Waals surface area contributed by atoms with E-state index in [1.807, 2.05) is 0 Å². The highest BCUT2D eigenvalue weighted by Gasteiger charge is 2.44. The lowest BCUT2D eigenvalue weighted by Crippen LogP contribution is -2.53. The van der Waals surface area contributed by atoms with Gasteiger partial charge in [0, 0.05) is 18.1 Å². The van der Waals surface area contributed by atoms with Gasteiger partial charge in [-0.3, -0.25) is 4.90 Å². The third-order valence-electron chi connectivity index (χ3n) is 5.45. The first-order chi connectivity index (χ1) is 8.19. The van der Waals surface area contributed by atoms with Crippen molar-refractivity contribution in [3.05, 3.63) is 0 Å². The minimum absolute atomic E-state index is 0.415. The van der Waals surface area contributed by atoms with Crippen molar-refractivity contribution in [2.24, 2.45) is 11.8 Å². The number of hydrogen-bond acceptors (Lipinski definition) is 2. The number of hydrogen-bond donors (Lipinski definition) is 1. The molecule has 0 bridgehead atoms. The molecule has 1 aliphatic heterocycles. The molecular weight excluding hydrogens is 208 g/mol. The van der Waals surface area contributed by atoms with Crippen LogP contribution < -0.4 is 5.32 Å². The van der Waals surface area contributed by atoms with Crippen molar-refractivity contribution in [2.45, 2.75) is 64.0 Å². The van der Waals surface area contributed by atoms with Crippen molar-refractivity contribution in [3.8, 4) is 0 Å². The molecule has 0 spiro atoms. The lowest BCUT2D eigenvalue weighted by Gasteiger charge is -2.38. The Balaban J connectivity index is 1.70. The van der Waals surface area contributed by atoms with Crippen molar-refractivity contribution in [3.63, 3.8) is 0 Å². The highest BCUT2D eigenvalue weighted by atomic mass is 15.2. The van der Waals surface area contributed by atoms with Crippen molar-refractivity contribution >= 4 is 0 Å². The van der Waals surface area contributed by atoms with Crippen LogP contribution in [-0.2, 0) is 0 Å². The van der Waals surface area contributed by atoms with E-state index in [2.05, 4.69) is 24.1 Å². The summed E-state index contributed by atoms with van der Waals surface area (Å²) in [6.45, 7) is 8.79. The smallest absolute Gasteiger partial charge is 0.0308 e. The third-order valence-corrected chi connectivity index (χ3v) is 5.45. The zero-order valence-corrected chi connectivity index (χ0v) is 11.5. The van der Waals surface area contributed by atoms with Gasteiger partial charge in [-0.05, 0) is 64.0 Å². The molecule has 3 fully saturated rings. The van der Waals surface area contributed by atoms with Gasteiger partial charge in [-0.25, -0.2) is 0 Å². The second kappa shape index (κ2) is 4.55. The summed E-state index contributed by atoms with van der Waals surface area (Å²) in [6, 6.07) is 0.882. The molecular formula is C15H28N2. The Bertz CT molecular complexity index is 274. The van der Waals surface area contributed by atoms with E-state index in [0.29, 0.717) is 5.54 Å². The summed E-state index contributed by atoms with van der Waals surface area (Å²) in [7, 11) is 0. The summed E-state index contributed by atoms with van der Waals surface area (Å²) >= 11 is 0. The van der Waals surface area contributed by atoms with Gasteiger partial charge in [-0.15, -0.1) is 0 Å². The van der Waals surface area contributed by atoms with Crippen LogP contribution in [0.25, 0.3) is 0 Å². The van der Waals surface area contributed by atoms with E-state index in [-0.39, 0.29) is 0 Å². The van der Waals surface area contributed by atoms with Crippen molar-refractivity contribution < 1.29 is 0 Å². The van der Waals surface area contributed by atoms with Crippen LogP contribution in [0.3, 0.4) is 0 Å². The molecule has 1 N–H and O–H groups in total. The monoisotopic (exact) mass is 236 g/mol. The van der Waals surface area contributed by atoms with E-state index >= 15 is 0 Å². The Morgan fingerprint density at radius 3 is 2.59 bits per heavy atom. The van der Waals surface area contributed by atoms with Crippen LogP contribution in [0.1, 0.15) is 52.4 Å². The summed E-state index contributed by atoms with van der Waals surface area (Å²) in [4.78, 5) is 2.83. The quantitative estimate of drug-likeness (QED) is 0.793. The van der Waals surface area contributed by atoms with Crippen LogP contribution in [0.4, 0.5) is 0 Å². The molecule has 2 heteroatoms. The van der Waals surface area contributed by atoms with Gasteiger partial charge in [0.05, 0.1) is 0 Å². The summed E-state index contributed by atoms with van der Waals surface area (Å²) < 4.78 is 0. The van der Waals surface area contributed by atoms with E-state index in [4.69, 9.17) is 0 Å². The molecule has 17 heavy (non-hydrogen) atoms. The molecule has 0 aromatic carbocycles. The molecule has 3 rings (SSSR count). The van der Waals surface area contributed by atoms with Gasteiger partial charge >= 0.3 is 0 Å². The van der Waals surface area contributed by atoms with Crippen LogP contribution in [0.2, 0.25) is 0 Å². The number of nitrogens with zero attached hydrogens (tertiary/aromatic N) is 1. The van der Waals surface area contributed by atoms with Crippen LogP contribution in [0.15, 0.2) is 0 Å². The molecule has 3 aliphatic rings. The summed E-state index contributed by atoms with van der Waals surface area (Å²) in [6.07, 6.45) is 8.60. The summed E-state index contributed by atoms with van der Waals surface area (Å²) in [5.74, 6) is 1.89. The second-order valence-corrected chi connectivity index (χ2v) is 6.92. The van der Waals surface area contributed by atoms with E-state index in [1.54, 1.807) is 0 Å². The molecule has 0 aromatic rings. The van der Waals surface area contributed by atoms with E-state index in [1.165, 1.54) is 58.2 Å². The van der Waals surface area contributed by atoms with Crippen molar-refractivity contribution in [1.82, 2.24) is 10.2 Å². The first-order valence-electron chi connectivity index (χ1n) is 7.68. The first kappa shape index (κ1) is 12.0. The molecule has 1 saturated heterocycles. The molecule has 3 atom stereocenters. The SMILES string of the molecule is CC1CCCC1N1CCCNC(C)(C2CC2)C1. The van der Waals surface area contributed by atoms with E-state index in [0.717, 1.165) is 17.9 Å². The van der Waals surface area contributed by atoms with Gasteiger partial charge in [-0.1, -0.05) is 13.3 Å². The van der Waals surface area contributed by atoms with E-state index < -0.39 is 0 Å². The molecule has 0 radical (unpaired) electrons. The summed E-state index contributed by atoms with van der Waals surface area (Å²) in [5.41, 5.74) is 0.415. The normalized spacial score (nSPS) is 44.8. The highest BCUT2D eigenvalue weighted by molar-refractivity contribution is 5.02. The third kappa shape index (κ3) is 2.39. The summed E-state index contributed by atoms with van der Waals surface area (Å²) in [5, 5.41) is 3.85. The molecule has 98 valence electrons. The van der Waals surface area contributed by atoms with Crippen LogP contribution in [-0.4, -0.2) is 36.1 Å².